The number of carbonyl (C=O) groups is 1. The lowest BCUT2D eigenvalue weighted by atomic mass is 9.87. The van der Waals surface area contributed by atoms with Gasteiger partial charge >= 0.3 is 6.09 Å². The number of benzene rings is 1. The average Bonchev–Trinajstić information content (AvgIpc) is 2.89. The summed E-state index contributed by atoms with van der Waals surface area (Å²) >= 11 is 0. The van der Waals surface area contributed by atoms with Crippen molar-refractivity contribution in [3.05, 3.63) is 29.8 Å². The van der Waals surface area contributed by atoms with E-state index in [9.17, 15) is 4.79 Å². The van der Waals surface area contributed by atoms with Gasteiger partial charge in [-0.05, 0) is 43.9 Å². The van der Waals surface area contributed by atoms with Crippen molar-refractivity contribution >= 4 is 6.09 Å². The minimum atomic E-state index is -0.178. The van der Waals surface area contributed by atoms with Crippen LogP contribution in [-0.2, 0) is 11.3 Å². The third-order valence-corrected chi connectivity index (χ3v) is 4.71. The van der Waals surface area contributed by atoms with E-state index in [4.69, 9.17) is 15.2 Å². The fourth-order valence-electron chi connectivity index (χ4n) is 3.55. The molecule has 1 aromatic rings. The van der Waals surface area contributed by atoms with E-state index in [1.54, 1.807) is 0 Å². The Morgan fingerprint density at radius 2 is 2.09 bits per heavy atom. The van der Waals surface area contributed by atoms with Gasteiger partial charge in [0.15, 0.2) is 0 Å². The Balaban J connectivity index is 1.61. The van der Waals surface area contributed by atoms with Gasteiger partial charge in [0.1, 0.15) is 11.9 Å². The fourth-order valence-corrected chi connectivity index (χ4v) is 3.55. The fraction of sp³-hybridized carbons (Fsp3) is 0.588. The van der Waals surface area contributed by atoms with Crippen LogP contribution in [0.1, 0.15) is 31.7 Å². The molecule has 3 atom stereocenters. The second-order valence-corrected chi connectivity index (χ2v) is 6.08. The number of ether oxygens (including phenoxy) is 2. The van der Waals surface area contributed by atoms with E-state index in [0.717, 1.165) is 37.1 Å². The molecule has 3 rings (SSSR count). The summed E-state index contributed by atoms with van der Waals surface area (Å²) in [6, 6.07) is 8.28. The number of likely N-dealkylation sites (tertiary alicyclic amines) is 1. The van der Waals surface area contributed by atoms with Crippen molar-refractivity contribution < 1.29 is 14.3 Å². The number of rotatable bonds is 4. The van der Waals surface area contributed by atoms with Crippen LogP contribution < -0.4 is 10.5 Å². The molecule has 1 saturated heterocycles. The third kappa shape index (κ3) is 3.04. The van der Waals surface area contributed by atoms with Crippen LogP contribution in [0.25, 0.3) is 0 Å². The summed E-state index contributed by atoms with van der Waals surface area (Å²) in [4.78, 5) is 13.9. The predicted molar refractivity (Wildman–Crippen MR) is 83.6 cm³/mol. The molecule has 0 aromatic heterocycles. The van der Waals surface area contributed by atoms with E-state index in [1.165, 1.54) is 0 Å². The van der Waals surface area contributed by atoms with Gasteiger partial charge in [-0.15, -0.1) is 0 Å². The summed E-state index contributed by atoms with van der Waals surface area (Å²) in [6.07, 6.45) is 3.00. The average molecular weight is 304 g/mol. The monoisotopic (exact) mass is 304 g/mol. The Bertz CT molecular complexity index is 517. The molecule has 1 amide bonds. The van der Waals surface area contributed by atoms with Crippen LogP contribution in [0.15, 0.2) is 24.3 Å². The third-order valence-electron chi connectivity index (χ3n) is 4.71. The van der Waals surface area contributed by atoms with Crippen LogP contribution in [0.2, 0.25) is 0 Å². The summed E-state index contributed by atoms with van der Waals surface area (Å²) < 4.78 is 11.3. The molecular weight excluding hydrogens is 280 g/mol. The first-order valence-corrected chi connectivity index (χ1v) is 8.10. The topological polar surface area (TPSA) is 64.8 Å². The Morgan fingerprint density at radius 3 is 2.77 bits per heavy atom. The Labute approximate surface area is 131 Å². The van der Waals surface area contributed by atoms with Crippen molar-refractivity contribution in [3.8, 4) is 5.75 Å². The van der Waals surface area contributed by atoms with Gasteiger partial charge < -0.3 is 20.1 Å². The minimum Gasteiger partial charge on any atom is -0.490 e. The summed E-state index contributed by atoms with van der Waals surface area (Å²) in [5.41, 5.74) is 6.71. The number of hydrogen-bond donors (Lipinski definition) is 1. The van der Waals surface area contributed by atoms with Gasteiger partial charge in [-0.2, -0.15) is 0 Å². The highest BCUT2D eigenvalue weighted by atomic mass is 16.6. The molecule has 3 unspecified atom stereocenters. The van der Waals surface area contributed by atoms with Gasteiger partial charge in [-0.25, -0.2) is 4.79 Å². The molecule has 2 aliphatic rings. The molecule has 1 aliphatic heterocycles. The van der Waals surface area contributed by atoms with Gasteiger partial charge in [0.05, 0.1) is 6.61 Å². The molecule has 1 aromatic carbocycles. The van der Waals surface area contributed by atoms with Crippen LogP contribution in [0, 0.1) is 5.92 Å². The molecule has 1 saturated carbocycles. The standard InChI is InChI=1S/C17H24N2O3/c1-2-21-17(20)19-11-13-9-14(19)5-8-16(13)22-15-6-3-12(10-18)4-7-15/h3-4,6-7,13-14,16H,2,5,8-11,18H2,1H3. The van der Waals surface area contributed by atoms with Crippen LogP contribution in [-0.4, -0.2) is 36.3 Å². The zero-order valence-corrected chi connectivity index (χ0v) is 13.0. The number of nitrogens with zero attached hydrogens (tertiary/aromatic N) is 1. The molecule has 5 heteroatoms. The van der Waals surface area contributed by atoms with E-state index in [1.807, 2.05) is 36.1 Å². The highest BCUT2D eigenvalue weighted by Crippen LogP contribution is 2.38. The first-order chi connectivity index (χ1) is 10.7. The van der Waals surface area contributed by atoms with E-state index < -0.39 is 0 Å². The SMILES string of the molecule is CCOC(=O)N1CC2CC1CCC2Oc1ccc(CN)cc1. The molecule has 2 fully saturated rings. The zero-order valence-electron chi connectivity index (χ0n) is 13.0. The Hall–Kier alpha value is -1.75. The second kappa shape index (κ2) is 6.57. The maximum absolute atomic E-state index is 12.0. The van der Waals surface area contributed by atoms with Crippen LogP contribution in [0.4, 0.5) is 4.79 Å². The van der Waals surface area contributed by atoms with E-state index >= 15 is 0 Å². The van der Waals surface area contributed by atoms with Crippen LogP contribution >= 0.6 is 0 Å². The first kappa shape index (κ1) is 15.2. The smallest absolute Gasteiger partial charge is 0.410 e. The normalized spacial score (nSPS) is 26.8. The van der Waals surface area contributed by atoms with Crippen LogP contribution in [0.5, 0.6) is 5.75 Å². The molecule has 1 aliphatic carbocycles. The number of carbonyl (C=O) groups excluding carboxylic acids is 1. The van der Waals surface area contributed by atoms with Crippen molar-refractivity contribution in [2.45, 2.75) is 44.9 Å². The number of nitrogens with two attached hydrogens (primary N) is 1. The Morgan fingerprint density at radius 1 is 1.32 bits per heavy atom. The van der Waals surface area contributed by atoms with Gasteiger partial charge in [0.2, 0.25) is 0 Å². The lowest BCUT2D eigenvalue weighted by molar-refractivity contribution is 0.101. The molecular formula is C17H24N2O3. The van der Waals surface area contributed by atoms with E-state index in [0.29, 0.717) is 25.1 Å². The highest BCUT2D eigenvalue weighted by molar-refractivity contribution is 5.68. The lowest BCUT2D eigenvalue weighted by Gasteiger charge is -2.28. The maximum atomic E-state index is 12.0. The molecule has 1 heterocycles. The predicted octanol–water partition coefficient (Wildman–Crippen LogP) is 2.53. The number of hydrogen-bond acceptors (Lipinski definition) is 4. The molecule has 5 nitrogen and oxygen atoms in total. The zero-order chi connectivity index (χ0) is 15.5. The van der Waals surface area contributed by atoms with E-state index in [2.05, 4.69) is 0 Å². The van der Waals surface area contributed by atoms with Crippen molar-refractivity contribution in [3.63, 3.8) is 0 Å². The van der Waals surface area contributed by atoms with Crippen molar-refractivity contribution in [1.82, 2.24) is 4.90 Å². The van der Waals surface area contributed by atoms with E-state index in [-0.39, 0.29) is 12.2 Å². The van der Waals surface area contributed by atoms with Crippen LogP contribution in [0.3, 0.4) is 0 Å². The number of amides is 1. The van der Waals surface area contributed by atoms with Gasteiger partial charge in [0, 0.05) is 25.0 Å². The summed E-state index contributed by atoms with van der Waals surface area (Å²) in [5.74, 6) is 1.28. The first-order valence-electron chi connectivity index (χ1n) is 8.10. The van der Waals surface area contributed by atoms with Crippen molar-refractivity contribution in [1.29, 1.82) is 0 Å². The summed E-state index contributed by atoms with van der Waals surface area (Å²) in [6.45, 7) is 3.56. The largest absolute Gasteiger partial charge is 0.490 e. The van der Waals surface area contributed by atoms with Gasteiger partial charge in [-0.3, -0.25) is 0 Å². The number of fused-ring (bicyclic) bond motifs is 2. The summed E-state index contributed by atoms with van der Waals surface area (Å²) in [5, 5.41) is 0. The molecule has 2 N–H and O–H groups in total. The second-order valence-electron chi connectivity index (χ2n) is 6.08. The Kier molecular flexibility index (Phi) is 4.52. The van der Waals surface area contributed by atoms with Gasteiger partial charge in [0.25, 0.3) is 0 Å². The van der Waals surface area contributed by atoms with Crippen molar-refractivity contribution in [2.75, 3.05) is 13.2 Å². The summed E-state index contributed by atoms with van der Waals surface area (Å²) in [7, 11) is 0. The minimum absolute atomic E-state index is 0.178. The van der Waals surface area contributed by atoms with Gasteiger partial charge in [-0.1, -0.05) is 12.1 Å². The quantitative estimate of drug-likeness (QED) is 0.928. The molecule has 2 bridgehead atoms. The molecule has 0 radical (unpaired) electrons. The molecule has 120 valence electrons. The maximum Gasteiger partial charge on any atom is 0.410 e. The molecule has 0 spiro atoms. The lowest BCUT2D eigenvalue weighted by Crippen LogP contribution is -2.35. The highest BCUT2D eigenvalue weighted by Gasteiger charge is 2.44. The van der Waals surface area contributed by atoms with Crippen molar-refractivity contribution in [2.24, 2.45) is 11.7 Å². The molecule has 22 heavy (non-hydrogen) atoms.